The van der Waals surface area contributed by atoms with Crippen LogP contribution in [0, 0.1) is 17.3 Å². The highest BCUT2D eigenvalue weighted by Crippen LogP contribution is 2.59. The Morgan fingerprint density at radius 1 is 1.07 bits per heavy atom. The normalized spacial score (nSPS) is 30.3. The molecule has 2 saturated carbocycles. The number of aryl methyl sites for hydroxylation is 1. The summed E-state index contributed by atoms with van der Waals surface area (Å²) in [5.74, 6) is 0.632. The molecule has 2 fully saturated rings. The number of aromatic hydroxyl groups is 1. The number of fused-ring (bicyclic) bond motifs is 5. The number of carbonyl (C=O) groups excluding carboxylic acids is 1. The smallest absolute Gasteiger partial charge is 0.303 e. The van der Waals surface area contributed by atoms with Crippen LogP contribution in [0.5, 0.6) is 5.75 Å². The van der Waals surface area contributed by atoms with E-state index in [1.165, 1.54) is 17.5 Å². The van der Waals surface area contributed by atoms with Crippen molar-refractivity contribution in [3.05, 3.63) is 29.3 Å². The molecule has 152 valence electrons. The van der Waals surface area contributed by atoms with Crippen molar-refractivity contribution in [1.29, 1.82) is 0 Å². The van der Waals surface area contributed by atoms with Crippen molar-refractivity contribution in [1.82, 2.24) is 0 Å². The molecule has 4 rings (SSSR count). The number of ketones is 1. The predicted octanol–water partition coefficient (Wildman–Crippen LogP) is 3.75. The van der Waals surface area contributed by atoms with Crippen molar-refractivity contribution in [2.24, 2.45) is 17.3 Å². The summed E-state index contributed by atoms with van der Waals surface area (Å²) in [6, 6.07) is 5.90. The summed E-state index contributed by atoms with van der Waals surface area (Å²) in [6.07, 6.45) is 5.75. The third-order valence-corrected chi connectivity index (χ3v) is 6.97. The van der Waals surface area contributed by atoms with Gasteiger partial charge in [-0.25, -0.2) is 0 Å². The first-order valence-electron chi connectivity index (χ1n) is 10.0. The molecule has 0 bridgehead atoms. The minimum atomic E-state index is -1.08. The van der Waals surface area contributed by atoms with Crippen molar-refractivity contribution in [2.75, 3.05) is 0 Å². The second-order valence-corrected chi connectivity index (χ2v) is 8.50. The average Bonchev–Trinajstić information content (AvgIpc) is 2.95. The predicted molar refractivity (Wildman–Crippen MR) is 102 cm³/mol. The maximum atomic E-state index is 12.3. The number of aliphatic carboxylic acids is 2. The van der Waals surface area contributed by atoms with E-state index in [0.29, 0.717) is 29.3 Å². The van der Waals surface area contributed by atoms with Gasteiger partial charge in [0.1, 0.15) is 11.5 Å². The fourth-order valence-corrected chi connectivity index (χ4v) is 5.55. The van der Waals surface area contributed by atoms with Crippen LogP contribution in [-0.4, -0.2) is 33.0 Å². The molecule has 6 nitrogen and oxygen atoms in total. The van der Waals surface area contributed by atoms with Gasteiger partial charge in [-0.05, 0) is 73.1 Å². The van der Waals surface area contributed by atoms with E-state index in [0.717, 1.165) is 32.1 Å². The summed E-state index contributed by atoms with van der Waals surface area (Å²) in [5, 5.41) is 25.5. The zero-order chi connectivity index (χ0) is 20.5. The maximum Gasteiger partial charge on any atom is 0.303 e. The molecule has 1 aromatic rings. The van der Waals surface area contributed by atoms with E-state index < -0.39 is 11.9 Å². The van der Waals surface area contributed by atoms with Gasteiger partial charge in [0.25, 0.3) is 0 Å². The fraction of sp³-hybridized carbons (Fsp3) is 0.591. The molecule has 28 heavy (non-hydrogen) atoms. The van der Waals surface area contributed by atoms with Gasteiger partial charge in [0.05, 0.1) is 12.8 Å². The lowest BCUT2D eigenvalue weighted by Crippen LogP contribution is -2.42. The Hall–Kier alpha value is -2.37. The number of phenols is 1. The number of carbonyl (C=O) groups is 3. The van der Waals surface area contributed by atoms with Crippen LogP contribution < -0.4 is 0 Å². The highest BCUT2D eigenvalue weighted by molar-refractivity contribution is 5.87. The van der Waals surface area contributed by atoms with E-state index in [-0.39, 0.29) is 18.3 Å². The zero-order valence-corrected chi connectivity index (χ0v) is 16.2. The van der Waals surface area contributed by atoms with Crippen LogP contribution in [0.3, 0.4) is 0 Å². The molecule has 6 heteroatoms. The van der Waals surface area contributed by atoms with Crippen LogP contribution in [0.15, 0.2) is 18.2 Å². The molecule has 0 aromatic heterocycles. The first-order valence-corrected chi connectivity index (χ1v) is 10.0. The third kappa shape index (κ3) is 3.91. The van der Waals surface area contributed by atoms with Crippen LogP contribution >= 0.6 is 0 Å². The Kier molecular flexibility index (Phi) is 5.77. The molecule has 1 aromatic carbocycles. The Labute approximate surface area is 164 Å². The molecular formula is C22H28O6. The zero-order valence-electron chi connectivity index (χ0n) is 16.2. The van der Waals surface area contributed by atoms with E-state index in [1.54, 1.807) is 0 Å². The van der Waals surface area contributed by atoms with Crippen LogP contribution in [0.4, 0.5) is 0 Å². The molecular weight excluding hydrogens is 360 g/mol. The largest absolute Gasteiger partial charge is 0.508 e. The lowest BCUT2D eigenvalue weighted by molar-refractivity contribution is -0.143. The van der Waals surface area contributed by atoms with Gasteiger partial charge in [0.15, 0.2) is 0 Å². The number of carboxylic acids is 2. The molecule has 0 unspecified atom stereocenters. The Bertz CT molecular complexity index is 771. The van der Waals surface area contributed by atoms with Gasteiger partial charge >= 0.3 is 11.9 Å². The second kappa shape index (κ2) is 7.94. The SMILES string of the molecule is C[C@]12CC[C@@H]3c4ccc(O)cc4CC[C@H]3[C@@H]1CCC2=O.O=C(O)CCC(=O)O. The molecule has 0 aliphatic heterocycles. The molecule has 3 N–H and O–H groups in total. The lowest BCUT2D eigenvalue weighted by Gasteiger charge is -2.48. The monoisotopic (exact) mass is 388 g/mol. The lowest BCUT2D eigenvalue weighted by atomic mass is 9.55. The fourth-order valence-electron chi connectivity index (χ4n) is 5.55. The van der Waals surface area contributed by atoms with Gasteiger partial charge in [0, 0.05) is 11.8 Å². The van der Waals surface area contributed by atoms with Gasteiger partial charge in [-0.1, -0.05) is 13.0 Å². The minimum absolute atomic E-state index is 0.0322. The van der Waals surface area contributed by atoms with Crippen LogP contribution in [0.25, 0.3) is 0 Å². The molecule has 3 aliphatic carbocycles. The van der Waals surface area contributed by atoms with Crippen molar-refractivity contribution in [3.63, 3.8) is 0 Å². The number of carboxylic acid groups (broad SMARTS) is 2. The molecule has 0 saturated heterocycles. The number of Topliss-reactive ketones (excluding diaryl/α,β-unsaturated/α-hetero) is 1. The molecule has 0 radical (unpaired) electrons. The van der Waals surface area contributed by atoms with Crippen molar-refractivity contribution < 1.29 is 29.7 Å². The Morgan fingerprint density at radius 3 is 2.39 bits per heavy atom. The van der Waals surface area contributed by atoms with Gasteiger partial charge in [0.2, 0.25) is 0 Å². The minimum Gasteiger partial charge on any atom is -0.508 e. The topological polar surface area (TPSA) is 112 Å². The van der Waals surface area contributed by atoms with Crippen molar-refractivity contribution in [3.8, 4) is 5.75 Å². The number of benzene rings is 1. The molecule has 0 heterocycles. The Morgan fingerprint density at radius 2 is 1.75 bits per heavy atom. The maximum absolute atomic E-state index is 12.3. The number of hydrogen-bond acceptors (Lipinski definition) is 4. The van der Waals surface area contributed by atoms with Crippen molar-refractivity contribution in [2.45, 2.75) is 64.2 Å². The number of phenolic OH excluding ortho intramolecular Hbond substituents is 1. The molecule has 3 aliphatic rings. The first kappa shape index (κ1) is 20.4. The highest BCUT2D eigenvalue weighted by Gasteiger charge is 2.54. The summed E-state index contributed by atoms with van der Waals surface area (Å²) in [5.41, 5.74) is 2.75. The summed E-state index contributed by atoms with van der Waals surface area (Å²) in [7, 11) is 0. The van der Waals surface area contributed by atoms with E-state index in [9.17, 15) is 19.5 Å². The van der Waals surface area contributed by atoms with E-state index >= 15 is 0 Å². The van der Waals surface area contributed by atoms with E-state index in [4.69, 9.17) is 10.2 Å². The van der Waals surface area contributed by atoms with Gasteiger partial charge < -0.3 is 15.3 Å². The second-order valence-electron chi connectivity index (χ2n) is 8.50. The van der Waals surface area contributed by atoms with Gasteiger partial charge in [-0.3, -0.25) is 14.4 Å². The van der Waals surface area contributed by atoms with Crippen molar-refractivity contribution >= 4 is 17.7 Å². The van der Waals surface area contributed by atoms with Gasteiger partial charge in [-0.15, -0.1) is 0 Å². The molecule has 4 atom stereocenters. The summed E-state index contributed by atoms with van der Waals surface area (Å²) in [4.78, 5) is 31.5. The van der Waals surface area contributed by atoms with Crippen LogP contribution in [-0.2, 0) is 20.8 Å². The van der Waals surface area contributed by atoms with Crippen LogP contribution in [0.2, 0.25) is 0 Å². The third-order valence-electron chi connectivity index (χ3n) is 6.97. The van der Waals surface area contributed by atoms with E-state index in [1.807, 2.05) is 12.1 Å². The molecule has 0 amide bonds. The van der Waals surface area contributed by atoms with E-state index in [2.05, 4.69) is 13.0 Å². The highest BCUT2D eigenvalue weighted by atomic mass is 16.4. The molecule has 0 spiro atoms. The quantitative estimate of drug-likeness (QED) is 0.727. The van der Waals surface area contributed by atoms with Gasteiger partial charge in [-0.2, -0.15) is 0 Å². The Balaban J connectivity index is 0.000000242. The standard InChI is InChI=1S/C18H22O2.C4H6O4/c1-18-9-8-14-13-5-3-12(19)10-11(13)2-4-15(14)16(18)6-7-17(18)20;5-3(6)1-2-4(7)8/h3,5,10,14-16,19H,2,4,6-9H2,1H3;1-2H2,(H,5,6)(H,7,8)/t14-,15-,16+,18+;/m1./s1. The van der Waals surface area contributed by atoms with Crippen LogP contribution in [0.1, 0.15) is 68.9 Å². The summed E-state index contributed by atoms with van der Waals surface area (Å²) >= 11 is 0. The average molecular weight is 388 g/mol. The summed E-state index contributed by atoms with van der Waals surface area (Å²) in [6.45, 7) is 2.22. The number of hydrogen-bond donors (Lipinski definition) is 3. The summed E-state index contributed by atoms with van der Waals surface area (Å²) < 4.78 is 0. The number of rotatable bonds is 3. The first-order chi connectivity index (χ1) is 13.2.